The molecule has 6 heteroatoms. The van der Waals surface area contributed by atoms with Crippen molar-refractivity contribution in [3.63, 3.8) is 0 Å². The molecule has 2 aliphatic rings. The molecule has 0 unspecified atom stereocenters. The Morgan fingerprint density at radius 2 is 1.73 bits per heavy atom. The van der Waals surface area contributed by atoms with Gasteiger partial charge in [0, 0.05) is 39.3 Å². The first-order valence-electron chi connectivity index (χ1n) is 5.09. The Morgan fingerprint density at radius 3 is 2.20 bits per heavy atom. The average molecular weight is 230 g/mol. The number of aliphatic imine (C=N–C) groups is 1. The van der Waals surface area contributed by atoms with E-state index in [0.717, 1.165) is 45.2 Å². The molecule has 15 heavy (non-hydrogen) atoms. The van der Waals surface area contributed by atoms with E-state index in [9.17, 15) is 0 Å². The molecule has 0 aromatic rings. The lowest BCUT2D eigenvalue weighted by atomic mass is 10.2. The van der Waals surface area contributed by atoms with E-state index >= 15 is 0 Å². The van der Waals surface area contributed by atoms with E-state index in [1.807, 2.05) is 6.19 Å². The van der Waals surface area contributed by atoms with Crippen LogP contribution >= 0.6 is 12.4 Å². The van der Waals surface area contributed by atoms with Crippen molar-refractivity contribution in [1.82, 2.24) is 15.1 Å². The SMILES string of the molecule is Cl.N#CN=C(N1CCC1)N1CCNCC1. The molecule has 2 rings (SSSR count). The van der Waals surface area contributed by atoms with Gasteiger partial charge < -0.3 is 15.1 Å². The van der Waals surface area contributed by atoms with Crippen LogP contribution in [0.1, 0.15) is 6.42 Å². The minimum absolute atomic E-state index is 0. The van der Waals surface area contributed by atoms with Crippen LogP contribution in [0.2, 0.25) is 0 Å². The summed E-state index contributed by atoms with van der Waals surface area (Å²) in [5.41, 5.74) is 0. The molecule has 2 heterocycles. The number of nitrogens with zero attached hydrogens (tertiary/aromatic N) is 4. The highest BCUT2D eigenvalue weighted by Gasteiger charge is 2.24. The summed E-state index contributed by atoms with van der Waals surface area (Å²) in [7, 11) is 0. The van der Waals surface area contributed by atoms with Crippen LogP contribution in [-0.2, 0) is 0 Å². The fourth-order valence-electron chi connectivity index (χ4n) is 1.77. The molecule has 84 valence electrons. The van der Waals surface area contributed by atoms with E-state index in [4.69, 9.17) is 5.26 Å². The topological polar surface area (TPSA) is 54.7 Å². The number of nitriles is 1. The quantitative estimate of drug-likeness (QED) is 0.357. The second-order valence-corrected chi connectivity index (χ2v) is 3.59. The van der Waals surface area contributed by atoms with E-state index < -0.39 is 0 Å². The lowest BCUT2D eigenvalue weighted by Gasteiger charge is -2.40. The summed E-state index contributed by atoms with van der Waals surface area (Å²) < 4.78 is 0. The highest BCUT2D eigenvalue weighted by Crippen LogP contribution is 2.10. The smallest absolute Gasteiger partial charge is 0.212 e. The predicted molar refractivity (Wildman–Crippen MR) is 60.9 cm³/mol. The van der Waals surface area contributed by atoms with Gasteiger partial charge in [0.25, 0.3) is 0 Å². The predicted octanol–water partition coefficient (Wildman–Crippen LogP) is -0.144. The zero-order valence-corrected chi connectivity index (χ0v) is 9.46. The first-order chi connectivity index (χ1) is 6.92. The average Bonchev–Trinajstić information content (AvgIpc) is 2.16. The summed E-state index contributed by atoms with van der Waals surface area (Å²) in [6.45, 7) is 5.97. The third kappa shape index (κ3) is 2.74. The standard InChI is InChI=1S/C9H15N5.ClH/c10-8-12-9(13-4-1-5-13)14-6-2-11-3-7-14;/h11H,1-7H2;1H. The number of piperazine rings is 1. The van der Waals surface area contributed by atoms with Gasteiger partial charge in [0.15, 0.2) is 0 Å². The number of rotatable bonds is 0. The van der Waals surface area contributed by atoms with Crippen molar-refractivity contribution < 1.29 is 0 Å². The summed E-state index contributed by atoms with van der Waals surface area (Å²) in [6.07, 6.45) is 3.12. The van der Waals surface area contributed by atoms with Gasteiger partial charge in [-0.2, -0.15) is 5.26 Å². The van der Waals surface area contributed by atoms with Crippen LogP contribution in [0.25, 0.3) is 0 Å². The maximum atomic E-state index is 8.63. The molecule has 0 radical (unpaired) electrons. The molecule has 2 fully saturated rings. The summed E-state index contributed by atoms with van der Waals surface area (Å²) in [6, 6.07) is 0. The summed E-state index contributed by atoms with van der Waals surface area (Å²) in [5.74, 6) is 0.875. The van der Waals surface area contributed by atoms with Crippen molar-refractivity contribution >= 4 is 18.4 Å². The van der Waals surface area contributed by atoms with Crippen molar-refractivity contribution in [2.75, 3.05) is 39.3 Å². The maximum absolute atomic E-state index is 8.63. The molecule has 0 aliphatic carbocycles. The van der Waals surface area contributed by atoms with E-state index in [1.165, 1.54) is 6.42 Å². The lowest BCUT2D eigenvalue weighted by molar-refractivity contribution is 0.235. The largest absolute Gasteiger partial charge is 0.342 e. The third-order valence-electron chi connectivity index (χ3n) is 2.69. The fraction of sp³-hybridized carbons (Fsp3) is 0.778. The number of guanidine groups is 1. The normalized spacial score (nSPS) is 21.4. The molecule has 0 atom stereocenters. The van der Waals surface area contributed by atoms with Crippen molar-refractivity contribution in [3.8, 4) is 6.19 Å². The summed E-state index contributed by atoms with van der Waals surface area (Å²) >= 11 is 0. The molecule has 0 aromatic heterocycles. The maximum Gasteiger partial charge on any atom is 0.212 e. The van der Waals surface area contributed by atoms with Gasteiger partial charge in [-0.05, 0) is 6.42 Å². The Labute approximate surface area is 96.2 Å². The molecule has 0 amide bonds. The molecule has 5 nitrogen and oxygen atoms in total. The van der Waals surface area contributed by atoms with Crippen molar-refractivity contribution in [2.45, 2.75) is 6.42 Å². The van der Waals surface area contributed by atoms with Gasteiger partial charge in [-0.3, -0.25) is 0 Å². The van der Waals surface area contributed by atoms with Crippen LogP contribution in [0.15, 0.2) is 4.99 Å². The Bertz CT molecular complexity index is 262. The minimum atomic E-state index is 0. The number of hydrogen-bond donors (Lipinski definition) is 1. The first-order valence-corrected chi connectivity index (χ1v) is 5.09. The van der Waals surface area contributed by atoms with Gasteiger partial charge in [0.2, 0.25) is 12.2 Å². The van der Waals surface area contributed by atoms with Crippen molar-refractivity contribution in [1.29, 1.82) is 5.26 Å². The van der Waals surface area contributed by atoms with Crippen LogP contribution in [0.4, 0.5) is 0 Å². The molecular formula is C9H16ClN5. The second kappa shape index (κ2) is 5.79. The zero-order chi connectivity index (χ0) is 9.80. The van der Waals surface area contributed by atoms with Crippen LogP contribution < -0.4 is 5.32 Å². The Kier molecular flexibility index (Phi) is 4.66. The molecule has 2 saturated heterocycles. The van der Waals surface area contributed by atoms with E-state index in [-0.39, 0.29) is 12.4 Å². The molecular weight excluding hydrogens is 214 g/mol. The highest BCUT2D eigenvalue weighted by atomic mass is 35.5. The number of halogens is 1. The third-order valence-corrected chi connectivity index (χ3v) is 2.69. The molecule has 0 saturated carbocycles. The monoisotopic (exact) mass is 229 g/mol. The lowest BCUT2D eigenvalue weighted by Crippen LogP contribution is -2.55. The van der Waals surface area contributed by atoms with Crippen molar-refractivity contribution in [2.24, 2.45) is 4.99 Å². The fourth-order valence-corrected chi connectivity index (χ4v) is 1.77. The number of nitrogens with one attached hydrogen (secondary N) is 1. The highest BCUT2D eigenvalue weighted by molar-refractivity contribution is 5.85. The van der Waals surface area contributed by atoms with E-state index in [2.05, 4.69) is 20.1 Å². The molecule has 1 N–H and O–H groups in total. The number of hydrogen-bond acceptors (Lipinski definition) is 3. The van der Waals surface area contributed by atoms with Gasteiger partial charge in [0.05, 0.1) is 0 Å². The van der Waals surface area contributed by atoms with E-state index in [1.54, 1.807) is 0 Å². The molecule has 0 spiro atoms. The van der Waals surface area contributed by atoms with Gasteiger partial charge in [0.1, 0.15) is 0 Å². The van der Waals surface area contributed by atoms with Crippen LogP contribution in [0.3, 0.4) is 0 Å². The zero-order valence-electron chi connectivity index (χ0n) is 8.65. The number of likely N-dealkylation sites (tertiary alicyclic amines) is 1. The second-order valence-electron chi connectivity index (χ2n) is 3.59. The Morgan fingerprint density at radius 1 is 1.13 bits per heavy atom. The minimum Gasteiger partial charge on any atom is -0.342 e. The van der Waals surface area contributed by atoms with Gasteiger partial charge in [-0.15, -0.1) is 17.4 Å². The molecule has 2 aliphatic heterocycles. The van der Waals surface area contributed by atoms with Gasteiger partial charge in [-0.1, -0.05) is 0 Å². The van der Waals surface area contributed by atoms with E-state index in [0.29, 0.717) is 0 Å². The van der Waals surface area contributed by atoms with Gasteiger partial charge >= 0.3 is 0 Å². The Balaban J connectivity index is 0.00000112. The van der Waals surface area contributed by atoms with Crippen LogP contribution in [0, 0.1) is 11.5 Å². The first kappa shape index (κ1) is 12.1. The summed E-state index contributed by atoms with van der Waals surface area (Å²) in [4.78, 5) is 8.28. The Hall–Kier alpha value is -0.990. The van der Waals surface area contributed by atoms with Crippen LogP contribution in [0.5, 0.6) is 0 Å². The van der Waals surface area contributed by atoms with Crippen molar-refractivity contribution in [3.05, 3.63) is 0 Å². The molecule has 0 aromatic carbocycles. The summed E-state index contributed by atoms with van der Waals surface area (Å²) in [5, 5.41) is 11.9. The van der Waals surface area contributed by atoms with Gasteiger partial charge in [-0.25, -0.2) is 0 Å². The molecule has 0 bridgehead atoms. The van der Waals surface area contributed by atoms with Crippen LogP contribution in [-0.4, -0.2) is 55.0 Å².